The summed E-state index contributed by atoms with van der Waals surface area (Å²) in [5.74, 6) is -5.02. The van der Waals surface area contributed by atoms with Crippen molar-refractivity contribution in [1.82, 2.24) is 0 Å². The molecule has 0 aliphatic rings. The molecule has 4 N–H and O–H groups in total. The van der Waals surface area contributed by atoms with Gasteiger partial charge in [0.25, 0.3) is 0 Å². The number of carbonyl (C=O) groups is 3. The van der Waals surface area contributed by atoms with Gasteiger partial charge in [-0.3, -0.25) is 9.59 Å². The zero-order valence-corrected chi connectivity index (χ0v) is 14.0. The van der Waals surface area contributed by atoms with E-state index in [-0.39, 0.29) is 72.8 Å². The average molecular weight is 437 g/mol. The molecule has 98 valence electrons. The molecule has 0 aromatic carbocycles. The van der Waals surface area contributed by atoms with Crippen LogP contribution in [0.4, 0.5) is 0 Å². The quantitative estimate of drug-likeness (QED) is 0.336. The molecule has 0 radical (unpaired) electrons. The number of aliphatic hydroxyl groups is 1. The van der Waals surface area contributed by atoms with Crippen LogP contribution >= 0.6 is 0 Å². The molecule has 0 aliphatic carbocycles. The van der Waals surface area contributed by atoms with Gasteiger partial charge < -0.3 is 57.6 Å². The standard InChI is InChI=1S/C6H8O7.3ClH.La/c7-3(8)1-6(13,5(11)12)2-4(9)10;;;;/h13H,1-2H2,(H,7,8)(H,9,10)(H,11,12);3*1H;/q;;;;+3/p-3. The minimum absolute atomic E-state index is 0. The number of aliphatic carboxylic acids is 3. The van der Waals surface area contributed by atoms with Crippen LogP contribution < -0.4 is 37.2 Å². The Morgan fingerprint density at radius 3 is 1.18 bits per heavy atom. The van der Waals surface area contributed by atoms with Gasteiger partial charge in [0.15, 0.2) is 5.60 Å². The molecule has 11 heteroatoms. The Labute approximate surface area is 143 Å². The fourth-order valence-corrected chi connectivity index (χ4v) is 0.714. The minimum Gasteiger partial charge on any atom is -1.00 e. The van der Waals surface area contributed by atoms with E-state index in [1.165, 1.54) is 0 Å². The third-order valence-electron chi connectivity index (χ3n) is 1.29. The first-order valence-corrected chi connectivity index (χ1v) is 3.17. The van der Waals surface area contributed by atoms with E-state index in [9.17, 15) is 14.4 Å². The summed E-state index contributed by atoms with van der Waals surface area (Å²) < 4.78 is 0. The molecular weight excluding hydrogens is 429 g/mol. The van der Waals surface area contributed by atoms with Crippen molar-refractivity contribution in [2.75, 3.05) is 0 Å². The summed E-state index contributed by atoms with van der Waals surface area (Å²) in [6.45, 7) is 0. The molecule has 0 unspecified atom stereocenters. The molecule has 0 spiro atoms. The van der Waals surface area contributed by atoms with E-state index in [2.05, 4.69) is 0 Å². The Morgan fingerprint density at radius 1 is 0.824 bits per heavy atom. The van der Waals surface area contributed by atoms with E-state index >= 15 is 0 Å². The van der Waals surface area contributed by atoms with Crippen LogP contribution in [0, 0.1) is 35.6 Å². The van der Waals surface area contributed by atoms with Crippen LogP contribution in [0.1, 0.15) is 12.8 Å². The van der Waals surface area contributed by atoms with Crippen LogP contribution in [0.15, 0.2) is 0 Å². The van der Waals surface area contributed by atoms with Gasteiger partial charge in [-0.25, -0.2) is 4.79 Å². The summed E-state index contributed by atoms with van der Waals surface area (Å²) in [6.07, 6.45) is -2.29. The van der Waals surface area contributed by atoms with Crippen LogP contribution in [0.25, 0.3) is 0 Å². The number of halogens is 3. The van der Waals surface area contributed by atoms with Crippen molar-refractivity contribution in [3.8, 4) is 0 Å². The Balaban J connectivity index is -0.000000120. The molecule has 0 atom stereocenters. The number of rotatable bonds is 5. The zero-order valence-electron chi connectivity index (χ0n) is 8.14. The van der Waals surface area contributed by atoms with Gasteiger partial charge in [-0.15, -0.1) is 0 Å². The van der Waals surface area contributed by atoms with E-state index in [1.54, 1.807) is 0 Å². The molecule has 0 saturated heterocycles. The summed E-state index contributed by atoms with van der Waals surface area (Å²) in [6, 6.07) is 0. The van der Waals surface area contributed by atoms with Gasteiger partial charge in [-0.2, -0.15) is 0 Å². The Kier molecular flexibility index (Phi) is 23.1. The van der Waals surface area contributed by atoms with Crippen LogP contribution in [0.5, 0.6) is 0 Å². The largest absolute Gasteiger partial charge is 3.00 e. The number of hydrogen-bond acceptors (Lipinski definition) is 4. The summed E-state index contributed by atoms with van der Waals surface area (Å²) in [5.41, 5.74) is -2.74. The topological polar surface area (TPSA) is 132 Å². The molecule has 0 heterocycles. The SMILES string of the molecule is O=C(O)CC(O)(CC(=O)O)C(=O)O.[Cl-].[Cl-].[Cl-].[La+3]. The third-order valence-corrected chi connectivity index (χ3v) is 1.29. The molecular formula is C6H8Cl3LaO7. The van der Waals surface area contributed by atoms with E-state index in [4.69, 9.17) is 20.4 Å². The van der Waals surface area contributed by atoms with Gasteiger partial charge in [0.2, 0.25) is 0 Å². The van der Waals surface area contributed by atoms with Crippen LogP contribution in [-0.2, 0) is 14.4 Å². The molecule has 0 rings (SSSR count). The second kappa shape index (κ2) is 12.9. The first-order chi connectivity index (χ1) is 5.78. The molecule has 7 nitrogen and oxygen atoms in total. The maximum absolute atomic E-state index is 10.3. The Hall–Kier alpha value is 0.435. The van der Waals surface area contributed by atoms with E-state index < -0.39 is 36.4 Å². The second-order valence-corrected chi connectivity index (χ2v) is 2.48. The van der Waals surface area contributed by atoms with Crippen molar-refractivity contribution in [1.29, 1.82) is 0 Å². The summed E-state index contributed by atoms with van der Waals surface area (Å²) in [5, 5.41) is 33.8. The van der Waals surface area contributed by atoms with Crippen LogP contribution in [0.2, 0.25) is 0 Å². The van der Waals surface area contributed by atoms with Crippen molar-refractivity contribution in [2.24, 2.45) is 0 Å². The average Bonchev–Trinajstić information content (AvgIpc) is 1.82. The molecule has 0 amide bonds. The fraction of sp³-hybridized carbons (Fsp3) is 0.500. The predicted octanol–water partition coefficient (Wildman–Crippen LogP) is -10.2. The second-order valence-electron chi connectivity index (χ2n) is 2.48. The molecule has 0 saturated carbocycles. The van der Waals surface area contributed by atoms with Crippen molar-refractivity contribution in [3.05, 3.63) is 0 Å². The monoisotopic (exact) mass is 436 g/mol. The van der Waals surface area contributed by atoms with Crippen molar-refractivity contribution in [3.63, 3.8) is 0 Å². The number of carboxylic acid groups (broad SMARTS) is 3. The predicted molar refractivity (Wildman–Crippen MR) is 37.1 cm³/mol. The van der Waals surface area contributed by atoms with Gasteiger partial charge in [-0.1, -0.05) is 0 Å². The van der Waals surface area contributed by atoms with Crippen LogP contribution in [0.3, 0.4) is 0 Å². The molecule has 0 aromatic heterocycles. The molecule has 0 aliphatic heterocycles. The first-order valence-electron chi connectivity index (χ1n) is 3.17. The minimum atomic E-state index is -2.74. The van der Waals surface area contributed by atoms with Crippen molar-refractivity contribution in [2.45, 2.75) is 18.4 Å². The van der Waals surface area contributed by atoms with Crippen molar-refractivity contribution < 1.29 is 108 Å². The molecule has 17 heavy (non-hydrogen) atoms. The first kappa shape index (κ1) is 30.5. The van der Waals surface area contributed by atoms with Crippen molar-refractivity contribution >= 4 is 17.9 Å². The number of carboxylic acids is 3. The maximum Gasteiger partial charge on any atom is 3.00 e. The Morgan fingerprint density at radius 2 is 1.06 bits per heavy atom. The summed E-state index contributed by atoms with van der Waals surface area (Å²) in [7, 11) is 0. The van der Waals surface area contributed by atoms with E-state index in [1.807, 2.05) is 0 Å². The fourth-order valence-electron chi connectivity index (χ4n) is 0.714. The maximum atomic E-state index is 10.3. The van der Waals surface area contributed by atoms with Gasteiger partial charge in [0, 0.05) is 0 Å². The zero-order chi connectivity index (χ0) is 10.6. The molecule has 0 bridgehead atoms. The van der Waals surface area contributed by atoms with Crippen LogP contribution in [-0.4, -0.2) is 43.9 Å². The smallest absolute Gasteiger partial charge is 1.00 e. The van der Waals surface area contributed by atoms with E-state index in [0.717, 1.165) is 0 Å². The van der Waals surface area contributed by atoms with Gasteiger partial charge in [0.1, 0.15) is 0 Å². The van der Waals surface area contributed by atoms with Gasteiger partial charge >= 0.3 is 53.5 Å². The van der Waals surface area contributed by atoms with E-state index in [0.29, 0.717) is 0 Å². The van der Waals surface area contributed by atoms with Gasteiger partial charge in [-0.05, 0) is 0 Å². The summed E-state index contributed by atoms with van der Waals surface area (Å²) in [4.78, 5) is 30.5. The molecule has 0 fully saturated rings. The summed E-state index contributed by atoms with van der Waals surface area (Å²) >= 11 is 0. The number of hydrogen-bond donors (Lipinski definition) is 4. The molecule has 0 aromatic rings. The Bertz CT molecular complexity index is 244. The normalized spacial score (nSPS) is 8.29. The van der Waals surface area contributed by atoms with Gasteiger partial charge in [0.05, 0.1) is 12.8 Å². The third kappa shape index (κ3) is 12.7.